The first-order valence-electron chi connectivity index (χ1n) is 7.85. The maximum Gasteiger partial charge on any atom is 0.162 e. The maximum atomic E-state index is 12.2. The van der Waals surface area contributed by atoms with Crippen LogP contribution >= 0.6 is 0 Å². The summed E-state index contributed by atoms with van der Waals surface area (Å²) in [4.78, 5) is 12.2. The van der Waals surface area contributed by atoms with Crippen LogP contribution in [-0.2, 0) is 10.2 Å². The van der Waals surface area contributed by atoms with Crippen LogP contribution < -0.4 is 4.74 Å². The first kappa shape index (κ1) is 13.6. The zero-order valence-corrected chi connectivity index (χ0v) is 13.4. The normalized spacial score (nSPS) is 28.2. The number of phenolic OH excluding ortho intramolecular Hbond substituents is 1. The van der Waals surface area contributed by atoms with Crippen molar-refractivity contribution in [2.45, 2.75) is 51.6 Å². The number of carbonyl (C=O) groups excluding carboxylic acids is 1. The number of ketones is 1. The molecule has 114 valence electrons. The highest BCUT2D eigenvalue weighted by molar-refractivity contribution is 6.00. The van der Waals surface area contributed by atoms with E-state index in [1.54, 1.807) is 0 Å². The molecule has 0 radical (unpaired) electrons. The summed E-state index contributed by atoms with van der Waals surface area (Å²) in [5, 5.41) is 10.7. The number of phenols is 1. The summed E-state index contributed by atoms with van der Waals surface area (Å²) in [7, 11) is 0. The van der Waals surface area contributed by atoms with Crippen LogP contribution in [0.25, 0.3) is 6.08 Å². The van der Waals surface area contributed by atoms with Crippen LogP contribution in [0.3, 0.4) is 0 Å². The van der Waals surface area contributed by atoms with E-state index in [1.165, 1.54) is 0 Å². The highest BCUT2D eigenvalue weighted by atomic mass is 16.5. The van der Waals surface area contributed by atoms with Crippen LogP contribution in [0, 0.1) is 0 Å². The summed E-state index contributed by atoms with van der Waals surface area (Å²) in [6.07, 6.45) is 4.17. The fourth-order valence-electron chi connectivity index (χ4n) is 4.23. The van der Waals surface area contributed by atoms with Crippen molar-refractivity contribution >= 4 is 11.9 Å². The lowest BCUT2D eigenvalue weighted by molar-refractivity contribution is -0.118. The molecule has 3 aliphatic rings. The van der Waals surface area contributed by atoms with Crippen LogP contribution in [0.4, 0.5) is 0 Å². The largest absolute Gasteiger partial charge is 0.507 e. The fourth-order valence-corrected chi connectivity index (χ4v) is 4.23. The molecule has 0 aromatic heterocycles. The zero-order chi connectivity index (χ0) is 15.8. The quantitative estimate of drug-likeness (QED) is 0.856. The predicted octanol–water partition coefficient (Wildman–Crippen LogP) is 3.85. The number of hydrogen-bond acceptors (Lipinski definition) is 3. The van der Waals surface area contributed by atoms with E-state index in [9.17, 15) is 9.90 Å². The lowest BCUT2D eigenvalue weighted by atomic mass is 9.62. The standard InChI is InChI=1S/C19H20O3/c1-9(2)12-7-15-17-11(18(12)21)5-6-13-10(3)14(20)8-16(22-15)19(13,17)4/h5-7,9,16,21H,8H2,1-4H3. The van der Waals surface area contributed by atoms with Gasteiger partial charge in [0.05, 0.1) is 5.41 Å². The van der Waals surface area contributed by atoms with E-state index in [4.69, 9.17) is 4.74 Å². The molecule has 0 bridgehead atoms. The molecule has 22 heavy (non-hydrogen) atoms. The van der Waals surface area contributed by atoms with Crippen molar-refractivity contribution in [3.63, 3.8) is 0 Å². The Hall–Kier alpha value is -2.03. The van der Waals surface area contributed by atoms with Gasteiger partial charge in [-0.2, -0.15) is 0 Å². The van der Waals surface area contributed by atoms with Crippen molar-refractivity contribution in [3.8, 4) is 11.5 Å². The van der Waals surface area contributed by atoms with Gasteiger partial charge in [0.2, 0.25) is 0 Å². The van der Waals surface area contributed by atoms with Crippen molar-refractivity contribution in [2.24, 2.45) is 0 Å². The van der Waals surface area contributed by atoms with Crippen molar-refractivity contribution in [3.05, 3.63) is 40.0 Å². The Morgan fingerprint density at radius 3 is 2.77 bits per heavy atom. The number of hydrogen-bond donors (Lipinski definition) is 1. The molecule has 4 rings (SSSR count). The van der Waals surface area contributed by atoms with Gasteiger partial charge in [-0.05, 0) is 37.0 Å². The van der Waals surface area contributed by atoms with Gasteiger partial charge in [-0.15, -0.1) is 0 Å². The van der Waals surface area contributed by atoms with E-state index in [1.807, 2.05) is 25.1 Å². The number of aromatic hydroxyl groups is 1. The number of benzene rings is 1. The van der Waals surface area contributed by atoms with E-state index in [2.05, 4.69) is 20.8 Å². The fraction of sp³-hybridized carbons (Fsp3) is 0.421. The summed E-state index contributed by atoms with van der Waals surface area (Å²) in [6.45, 7) is 8.15. The molecule has 0 amide bonds. The summed E-state index contributed by atoms with van der Waals surface area (Å²) < 4.78 is 6.16. The van der Waals surface area contributed by atoms with Crippen LogP contribution in [-0.4, -0.2) is 17.0 Å². The molecule has 2 atom stereocenters. The Balaban J connectivity index is 2.07. The molecule has 0 spiro atoms. The van der Waals surface area contributed by atoms with Crippen LogP contribution in [0.15, 0.2) is 23.3 Å². The highest BCUT2D eigenvalue weighted by Crippen LogP contribution is 2.58. The van der Waals surface area contributed by atoms with Gasteiger partial charge in [-0.3, -0.25) is 4.79 Å². The van der Waals surface area contributed by atoms with E-state index >= 15 is 0 Å². The van der Waals surface area contributed by atoms with E-state index in [-0.39, 0.29) is 23.2 Å². The monoisotopic (exact) mass is 296 g/mol. The molecule has 1 aromatic rings. The minimum atomic E-state index is -0.329. The molecule has 1 heterocycles. The summed E-state index contributed by atoms with van der Waals surface area (Å²) in [5.74, 6) is 1.55. The van der Waals surface area contributed by atoms with Crippen LogP contribution in [0.2, 0.25) is 0 Å². The zero-order valence-electron chi connectivity index (χ0n) is 13.4. The minimum absolute atomic E-state index is 0.159. The second-order valence-corrected chi connectivity index (χ2v) is 7.06. The van der Waals surface area contributed by atoms with Gasteiger partial charge < -0.3 is 9.84 Å². The predicted molar refractivity (Wildman–Crippen MR) is 85.3 cm³/mol. The van der Waals surface area contributed by atoms with Gasteiger partial charge in [-0.1, -0.05) is 26.0 Å². The Morgan fingerprint density at radius 2 is 2.09 bits per heavy atom. The lowest BCUT2D eigenvalue weighted by Crippen LogP contribution is -2.44. The molecule has 3 nitrogen and oxygen atoms in total. The van der Waals surface area contributed by atoms with E-state index < -0.39 is 0 Å². The Morgan fingerprint density at radius 1 is 1.36 bits per heavy atom. The second-order valence-electron chi connectivity index (χ2n) is 7.06. The highest BCUT2D eigenvalue weighted by Gasteiger charge is 2.54. The average Bonchev–Trinajstić information content (AvgIpc) is 2.74. The molecule has 0 saturated carbocycles. The van der Waals surface area contributed by atoms with Crippen LogP contribution in [0.1, 0.15) is 56.7 Å². The number of Topliss-reactive ketones (excluding diaryl/α,β-unsaturated/α-hetero) is 1. The molecule has 1 aliphatic heterocycles. The van der Waals surface area contributed by atoms with Gasteiger partial charge in [0.25, 0.3) is 0 Å². The molecule has 0 fully saturated rings. The SMILES string of the molecule is CC1=C2C=Cc3c(O)c(C(C)C)cc4c3C2(C)C(CC1=O)O4. The summed E-state index contributed by atoms with van der Waals surface area (Å²) in [6, 6.07) is 1.96. The Labute approximate surface area is 130 Å². The lowest BCUT2D eigenvalue weighted by Gasteiger charge is -2.39. The number of allylic oxidation sites excluding steroid dienone is 2. The number of ether oxygens (including phenoxy) is 1. The van der Waals surface area contributed by atoms with Gasteiger partial charge in [0, 0.05) is 23.1 Å². The molecule has 1 aromatic carbocycles. The van der Waals surface area contributed by atoms with Gasteiger partial charge >= 0.3 is 0 Å². The Kier molecular flexibility index (Phi) is 2.50. The molecule has 3 heteroatoms. The third-order valence-electron chi connectivity index (χ3n) is 5.55. The second kappa shape index (κ2) is 4.03. The molecule has 1 N–H and O–H groups in total. The third-order valence-corrected chi connectivity index (χ3v) is 5.55. The third kappa shape index (κ3) is 1.39. The molecular formula is C19H20O3. The number of carbonyl (C=O) groups is 1. The van der Waals surface area contributed by atoms with Gasteiger partial charge in [-0.25, -0.2) is 0 Å². The molecule has 0 saturated heterocycles. The summed E-state index contributed by atoms with van der Waals surface area (Å²) in [5.41, 5.74) is 4.34. The molecule has 2 aliphatic carbocycles. The van der Waals surface area contributed by atoms with E-state index in [0.29, 0.717) is 12.2 Å². The summed E-state index contributed by atoms with van der Waals surface area (Å²) >= 11 is 0. The number of rotatable bonds is 1. The van der Waals surface area contributed by atoms with Crippen LogP contribution in [0.5, 0.6) is 11.5 Å². The molecular weight excluding hydrogens is 276 g/mol. The van der Waals surface area contributed by atoms with Gasteiger partial charge in [0.15, 0.2) is 5.78 Å². The smallest absolute Gasteiger partial charge is 0.162 e. The first-order chi connectivity index (χ1) is 10.4. The average molecular weight is 296 g/mol. The first-order valence-corrected chi connectivity index (χ1v) is 7.85. The van der Waals surface area contributed by atoms with Gasteiger partial charge in [0.1, 0.15) is 17.6 Å². The van der Waals surface area contributed by atoms with Crippen molar-refractivity contribution in [1.82, 2.24) is 0 Å². The van der Waals surface area contributed by atoms with Crippen molar-refractivity contribution in [2.75, 3.05) is 0 Å². The Bertz CT molecular complexity index is 782. The van der Waals surface area contributed by atoms with E-state index in [0.717, 1.165) is 33.6 Å². The maximum absolute atomic E-state index is 12.2. The van der Waals surface area contributed by atoms with Crippen molar-refractivity contribution in [1.29, 1.82) is 0 Å². The molecule has 2 unspecified atom stereocenters. The minimum Gasteiger partial charge on any atom is -0.507 e. The van der Waals surface area contributed by atoms with Crippen molar-refractivity contribution < 1.29 is 14.6 Å². The topological polar surface area (TPSA) is 46.5 Å².